The van der Waals surface area contributed by atoms with Crippen LogP contribution in [0.3, 0.4) is 0 Å². The first-order valence-electron chi connectivity index (χ1n) is 7.34. The number of aryl methyl sites for hydroxylation is 1. The molecule has 0 spiro atoms. The third-order valence-corrected chi connectivity index (χ3v) is 5.29. The van der Waals surface area contributed by atoms with Crippen LogP contribution in [0, 0.1) is 12.8 Å². The van der Waals surface area contributed by atoms with Gasteiger partial charge in [-0.2, -0.15) is 0 Å². The number of hydrogen-bond acceptors (Lipinski definition) is 5. The molecule has 1 saturated heterocycles. The molecule has 0 bridgehead atoms. The first kappa shape index (κ1) is 16.5. The summed E-state index contributed by atoms with van der Waals surface area (Å²) in [5, 5.41) is 9.00. The normalized spacial score (nSPS) is 18.2. The summed E-state index contributed by atoms with van der Waals surface area (Å²) in [6.07, 6.45) is 2.47. The first-order valence-corrected chi connectivity index (χ1v) is 8.83. The summed E-state index contributed by atoms with van der Waals surface area (Å²) in [6.45, 7) is 6.85. The molecule has 1 aromatic heterocycles. The van der Waals surface area contributed by atoms with Gasteiger partial charge in [0.15, 0.2) is 0 Å². The molecule has 0 radical (unpaired) electrons. The number of nitrogens with one attached hydrogen (secondary N) is 1. The van der Waals surface area contributed by atoms with E-state index in [4.69, 9.17) is 9.52 Å². The molecule has 1 atom stereocenters. The van der Waals surface area contributed by atoms with Gasteiger partial charge in [0.2, 0.25) is 10.0 Å². The quantitative estimate of drug-likeness (QED) is 0.787. The van der Waals surface area contributed by atoms with E-state index in [1.165, 1.54) is 18.9 Å². The maximum absolute atomic E-state index is 12.3. The number of likely N-dealkylation sites (tertiary alicyclic amines) is 1. The molecule has 1 fully saturated rings. The SMILES string of the molecule is Cc1oc(CO)cc1S(=O)(=O)NCC(C)CN1CCCC1. The molecule has 120 valence electrons. The molecule has 2 N–H and O–H groups in total. The summed E-state index contributed by atoms with van der Waals surface area (Å²) in [7, 11) is -3.58. The van der Waals surface area contributed by atoms with Crippen LogP contribution in [0.15, 0.2) is 15.4 Å². The van der Waals surface area contributed by atoms with Crippen LogP contribution in [0.4, 0.5) is 0 Å². The van der Waals surface area contributed by atoms with E-state index in [1.807, 2.05) is 6.92 Å². The number of aliphatic hydroxyl groups excluding tert-OH is 1. The number of hydrogen-bond donors (Lipinski definition) is 2. The molecule has 1 aliphatic heterocycles. The van der Waals surface area contributed by atoms with Gasteiger partial charge in [0, 0.05) is 19.2 Å². The van der Waals surface area contributed by atoms with Crippen molar-refractivity contribution in [2.45, 2.75) is 38.2 Å². The Morgan fingerprint density at radius 2 is 2.10 bits per heavy atom. The molecule has 0 aliphatic carbocycles. The Kier molecular flexibility index (Phi) is 5.43. The van der Waals surface area contributed by atoms with Gasteiger partial charge in [-0.25, -0.2) is 13.1 Å². The smallest absolute Gasteiger partial charge is 0.244 e. The van der Waals surface area contributed by atoms with Crippen LogP contribution < -0.4 is 4.72 Å². The minimum absolute atomic E-state index is 0.111. The van der Waals surface area contributed by atoms with Crippen molar-refractivity contribution in [1.29, 1.82) is 0 Å². The molecule has 21 heavy (non-hydrogen) atoms. The summed E-state index contributed by atoms with van der Waals surface area (Å²) < 4.78 is 32.3. The molecular formula is C14H24N2O4S. The second-order valence-electron chi connectivity index (χ2n) is 5.76. The van der Waals surface area contributed by atoms with Gasteiger partial charge in [0.25, 0.3) is 0 Å². The van der Waals surface area contributed by atoms with Crippen LogP contribution in [0.1, 0.15) is 31.3 Å². The van der Waals surface area contributed by atoms with E-state index >= 15 is 0 Å². The molecular weight excluding hydrogens is 292 g/mol. The molecule has 0 saturated carbocycles. The van der Waals surface area contributed by atoms with Crippen molar-refractivity contribution in [2.75, 3.05) is 26.2 Å². The van der Waals surface area contributed by atoms with Crippen molar-refractivity contribution in [3.8, 4) is 0 Å². The summed E-state index contributed by atoms with van der Waals surface area (Å²) >= 11 is 0. The average molecular weight is 316 g/mol. The van der Waals surface area contributed by atoms with E-state index in [0.29, 0.717) is 12.3 Å². The molecule has 2 rings (SSSR count). The Hall–Kier alpha value is -0.890. The van der Waals surface area contributed by atoms with E-state index in [2.05, 4.69) is 9.62 Å². The maximum Gasteiger partial charge on any atom is 0.244 e. The third-order valence-electron chi connectivity index (χ3n) is 3.76. The van der Waals surface area contributed by atoms with Gasteiger partial charge in [-0.05, 0) is 38.8 Å². The molecule has 6 nitrogen and oxygen atoms in total. The molecule has 7 heteroatoms. The van der Waals surface area contributed by atoms with Crippen molar-refractivity contribution >= 4 is 10.0 Å². The number of nitrogens with zero attached hydrogens (tertiary/aromatic N) is 1. The Morgan fingerprint density at radius 3 is 2.67 bits per heavy atom. The number of aliphatic hydroxyl groups is 1. The van der Waals surface area contributed by atoms with E-state index in [-0.39, 0.29) is 23.2 Å². The number of sulfonamides is 1. The lowest BCUT2D eigenvalue weighted by Gasteiger charge is -2.20. The van der Waals surface area contributed by atoms with Crippen LogP contribution >= 0.6 is 0 Å². The fourth-order valence-electron chi connectivity index (χ4n) is 2.67. The summed E-state index contributed by atoms with van der Waals surface area (Å²) in [5.74, 6) is 0.819. The summed E-state index contributed by atoms with van der Waals surface area (Å²) in [5.41, 5.74) is 0. The first-order chi connectivity index (χ1) is 9.92. The predicted molar refractivity (Wildman–Crippen MR) is 79.4 cm³/mol. The molecule has 1 aliphatic rings. The van der Waals surface area contributed by atoms with Crippen molar-refractivity contribution < 1.29 is 17.9 Å². The highest BCUT2D eigenvalue weighted by molar-refractivity contribution is 7.89. The van der Waals surface area contributed by atoms with Gasteiger partial charge < -0.3 is 14.4 Å². The Balaban J connectivity index is 1.92. The Morgan fingerprint density at radius 1 is 1.43 bits per heavy atom. The Bertz CT molecular complexity index is 562. The second-order valence-corrected chi connectivity index (χ2v) is 7.49. The molecule has 1 unspecified atom stereocenters. The zero-order valence-corrected chi connectivity index (χ0v) is 13.4. The van der Waals surface area contributed by atoms with Gasteiger partial charge in [-0.3, -0.25) is 0 Å². The Labute approximate surface area is 126 Å². The van der Waals surface area contributed by atoms with E-state index < -0.39 is 10.0 Å². The minimum Gasteiger partial charge on any atom is -0.462 e. The van der Waals surface area contributed by atoms with E-state index in [1.54, 1.807) is 6.92 Å². The average Bonchev–Trinajstić information content (AvgIpc) is 3.06. The van der Waals surface area contributed by atoms with Gasteiger partial charge in [0.1, 0.15) is 23.0 Å². The zero-order chi connectivity index (χ0) is 15.5. The summed E-state index contributed by atoms with van der Waals surface area (Å²) in [6, 6.07) is 1.38. The number of furan rings is 1. The van der Waals surface area contributed by atoms with Crippen molar-refractivity contribution in [3.63, 3.8) is 0 Å². The van der Waals surface area contributed by atoms with Crippen molar-refractivity contribution in [1.82, 2.24) is 9.62 Å². The van der Waals surface area contributed by atoms with Crippen LogP contribution in [-0.4, -0.2) is 44.6 Å². The largest absolute Gasteiger partial charge is 0.462 e. The molecule has 1 aromatic rings. The number of rotatable bonds is 7. The highest BCUT2D eigenvalue weighted by atomic mass is 32.2. The lowest BCUT2D eigenvalue weighted by atomic mass is 10.2. The van der Waals surface area contributed by atoms with Gasteiger partial charge in [0.05, 0.1) is 0 Å². The maximum atomic E-state index is 12.3. The fraction of sp³-hybridized carbons (Fsp3) is 0.714. The lowest BCUT2D eigenvalue weighted by Crippen LogP contribution is -2.34. The van der Waals surface area contributed by atoms with Crippen LogP contribution in [0.25, 0.3) is 0 Å². The zero-order valence-electron chi connectivity index (χ0n) is 12.6. The second kappa shape index (κ2) is 6.91. The monoisotopic (exact) mass is 316 g/mol. The highest BCUT2D eigenvalue weighted by Gasteiger charge is 2.22. The minimum atomic E-state index is -3.58. The molecule has 2 heterocycles. The van der Waals surface area contributed by atoms with E-state index in [0.717, 1.165) is 19.6 Å². The van der Waals surface area contributed by atoms with Gasteiger partial charge in [-0.1, -0.05) is 6.92 Å². The third kappa shape index (κ3) is 4.29. The van der Waals surface area contributed by atoms with Crippen LogP contribution in [0.2, 0.25) is 0 Å². The fourth-order valence-corrected chi connectivity index (χ4v) is 4.04. The topological polar surface area (TPSA) is 82.8 Å². The molecule has 0 amide bonds. The molecule has 0 aromatic carbocycles. The van der Waals surface area contributed by atoms with Crippen molar-refractivity contribution in [3.05, 3.63) is 17.6 Å². The van der Waals surface area contributed by atoms with Gasteiger partial charge >= 0.3 is 0 Å². The standard InChI is InChI=1S/C14H24N2O4S/c1-11(9-16-5-3-4-6-16)8-15-21(18,19)14-7-13(10-17)20-12(14)2/h7,11,15,17H,3-6,8-10H2,1-2H3. The van der Waals surface area contributed by atoms with Crippen LogP contribution in [0.5, 0.6) is 0 Å². The highest BCUT2D eigenvalue weighted by Crippen LogP contribution is 2.20. The summed E-state index contributed by atoms with van der Waals surface area (Å²) in [4.78, 5) is 2.48. The van der Waals surface area contributed by atoms with Crippen LogP contribution in [-0.2, 0) is 16.6 Å². The lowest BCUT2D eigenvalue weighted by molar-refractivity contribution is 0.244. The predicted octanol–water partition coefficient (Wildman–Crippen LogP) is 1.09. The van der Waals surface area contributed by atoms with Crippen molar-refractivity contribution in [2.24, 2.45) is 5.92 Å². The van der Waals surface area contributed by atoms with E-state index in [9.17, 15) is 8.42 Å². The van der Waals surface area contributed by atoms with Gasteiger partial charge in [-0.15, -0.1) is 0 Å².